The Morgan fingerprint density at radius 1 is 1.00 bits per heavy atom. The van der Waals surface area contributed by atoms with Crippen LogP contribution in [-0.4, -0.2) is 22.4 Å². The smallest absolute Gasteiger partial charge is 0.277 e. The number of hydrogen-bond acceptors (Lipinski definition) is 4. The summed E-state index contributed by atoms with van der Waals surface area (Å²) in [4.78, 5) is 23.9. The highest BCUT2D eigenvalue weighted by atomic mass is 16.2. The van der Waals surface area contributed by atoms with Crippen LogP contribution in [0.1, 0.15) is 49.4 Å². The molecule has 150 valence electrons. The Labute approximate surface area is 172 Å². The van der Waals surface area contributed by atoms with Crippen LogP contribution in [0.3, 0.4) is 0 Å². The van der Waals surface area contributed by atoms with Gasteiger partial charge in [-0.1, -0.05) is 57.2 Å². The van der Waals surface area contributed by atoms with Gasteiger partial charge in [0.15, 0.2) is 0 Å². The zero-order chi connectivity index (χ0) is 21.0. The summed E-state index contributed by atoms with van der Waals surface area (Å²) in [6.45, 7) is 10.9. The molecule has 0 fully saturated rings. The summed E-state index contributed by atoms with van der Waals surface area (Å²) in [5.41, 5.74) is 4.04. The summed E-state index contributed by atoms with van der Waals surface area (Å²) < 4.78 is 0. The summed E-state index contributed by atoms with van der Waals surface area (Å²) in [7, 11) is 0. The molecule has 0 bridgehead atoms. The lowest BCUT2D eigenvalue weighted by molar-refractivity contribution is 0.0983. The van der Waals surface area contributed by atoms with Crippen LogP contribution in [0.5, 0.6) is 0 Å². The quantitative estimate of drug-likeness (QED) is 0.628. The number of hydrogen-bond donors (Lipinski definition) is 1. The summed E-state index contributed by atoms with van der Waals surface area (Å²) in [5.74, 6) is 0.283. The Kier molecular flexibility index (Phi) is 5.97. The Morgan fingerprint density at radius 3 is 2.31 bits per heavy atom. The maximum atomic E-state index is 13.2. The molecule has 0 aliphatic heterocycles. The van der Waals surface area contributed by atoms with Gasteiger partial charge in [-0.2, -0.15) is 0 Å². The van der Waals surface area contributed by atoms with Crippen LogP contribution in [0.15, 0.2) is 60.7 Å². The highest BCUT2D eigenvalue weighted by Gasteiger charge is 2.21. The van der Waals surface area contributed by atoms with Gasteiger partial charge in [0.25, 0.3) is 5.91 Å². The first-order valence-corrected chi connectivity index (χ1v) is 9.88. The molecule has 5 nitrogen and oxygen atoms in total. The fourth-order valence-corrected chi connectivity index (χ4v) is 3.29. The number of aromatic nitrogens is 2. The van der Waals surface area contributed by atoms with Crippen molar-refractivity contribution in [2.24, 2.45) is 0 Å². The van der Waals surface area contributed by atoms with Gasteiger partial charge < -0.3 is 10.2 Å². The van der Waals surface area contributed by atoms with E-state index in [-0.39, 0.29) is 11.3 Å². The van der Waals surface area contributed by atoms with E-state index in [9.17, 15) is 4.79 Å². The second kappa shape index (κ2) is 8.43. The van der Waals surface area contributed by atoms with Crippen molar-refractivity contribution in [2.75, 3.05) is 16.8 Å². The van der Waals surface area contributed by atoms with Crippen LogP contribution in [-0.2, 0) is 5.41 Å². The van der Waals surface area contributed by atoms with Gasteiger partial charge in [0, 0.05) is 23.6 Å². The number of nitrogens with zero attached hydrogens (tertiary/aromatic N) is 3. The van der Waals surface area contributed by atoms with Crippen LogP contribution in [0.4, 0.5) is 17.3 Å². The number of para-hydroxylation sites is 2. The van der Waals surface area contributed by atoms with E-state index in [4.69, 9.17) is 0 Å². The highest BCUT2D eigenvalue weighted by Crippen LogP contribution is 2.30. The van der Waals surface area contributed by atoms with Crippen LogP contribution in [0.25, 0.3) is 0 Å². The lowest BCUT2D eigenvalue weighted by Gasteiger charge is -2.23. The zero-order valence-corrected chi connectivity index (χ0v) is 17.7. The maximum absolute atomic E-state index is 13.2. The molecule has 0 aliphatic rings. The zero-order valence-electron chi connectivity index (χ0n) is 17.7. The van der Waals surface area contributed by atoms with Crippen molar-refractivity contribution in [3.8, 4) is 0 Å². The predicted octanol–water partition coefficient (Wildman–Crippen LogP) is 5.49. The van der Waals surface area contributed by atoms with Gasteiger partial charge >= 0.3 is 0 Å². The molecule has 3 aromatic rings. The van der Waals surface area contributed by atoms with Gasteiger partial charge in [-0.25, -0.2) is 9.97 Å². The van der Waals surface area contributed by atoms with Gasteiger partial charge in [-0.3, -0.25) is 4.79 Å². The van der Waals surface area contributed by atoms with Crippen molar-refractivity contribution >= 4 is 23.2 Å². The first kappa shape index (κ1) is 20.5. The predicted molar refractivity (Wildman–Crippen MR) is 119 cm³/mol. The number of anilines is 3. The molecule has 2 aromatic carbocycles. The molecule has 0 radical (unpaired) electrons. The first-order chi connectivity index (χ1) is 13.8. The van der Waals surface area contributed by atoms with Crippen molar-refractivity contribution < 1.29 is 4.79 Å². The third-order valence-electron chi connectivity index (χ3n) is 4.68. The van der Waals surface area contributed by atoms with Crippen molar-refractivity contribution in [2.45, 2.75) is 40.0 Å². The standard InChI is InChI=1S/C24H28N4O/c1-6-28(18-12-8-7-9-13-18)22(29)21-16-17(2)25-23(27-21)26-20-15-11-10-14-19(20)24(3,4)5/h7-16H,6H2,1-5H3,(H,25,26,27). The lowest BCUT2D eigenvalue weighted by atomic mass is 9.86. The van der Waals surface area contributed by atoms with Crippen LogP contribution in [0, 0.1) is 6.92 Å². The number of rotatable bonds is 5. The van der Waals surface area contributed by atoms with E-state index >= 15 is 0 Å². The van der Waals surface area contributed by atoms with E-state index in [1.165, 1.54) is 0 Å². The van der Waals surface area contributed by atoms with Gasteiger partial charge in [0.1, 0.15) is 5.69 Å². The number of carbonyl (C=O) groups is 1. The molecule has 0 saturated carbocycles. The third kappa shape index (κ3) is 4.80. The highest BCUT2D eigenvalue weighted by molar-refractivity contribution is 6.05. The van der Waals surface area contributed by atoms with Crippen molar-refractivity contribution in [1.29, 1.82) is 0 Å². The molecule has 0 atom stereocenters. The molecule has 0 unspecified atom stereocenters. The van der Waals surface area contributed by atoms with E-state index in [2.05, 4.69) is 42.1 Å². The molecule has 1 amide bonds. The molecule has 1 heterocycles. The van der Waals surface area contributed by atoms with E-state index in [0.717, 1.165) is 22.6 Å². The van der Waals surface area contributed by atoms with E-state index in [1.807, 2.05) is 62.4 Å². The van der Waals surface area contributed by atoms with Crippen LogP contribution in [0.2, 0.25) is 0 Å². The molecule has 3 rings (SSSR count). The molecule has 0 saturated heterocycles. The van der Waals surface area contributed by atoms with Gasteiger partial charge in [0.05, 0.1) is 0 Å². The summed E-state index contributed by atoms with van der Waals surface area (Å²) in [6, 6.07) is 19.5. The molecular formula is C24H28N4O. The number of amides is 1. The van der Waals surface area contributed by atoms with E-state index in [1.54, 1.807) is 11.0 Å². The number of benzene rings is 2. The Balaban J connectivity index is 1.94. The molecule has 1 aromatic heterocycles. The fraction of sp³-hybridized carbons (Fsp3) is 0.292. The SMILES string of the molecule is CCN(C(=O)c1cc(C)nc(Nc2ccccc2C(C)(C)C)n1)c1ccccc1. The Morgan fingerprint density at radius 2 is 1.66 bits per heavy atom. The minimum atomic E-state index is -0.142. The van der Waals surface area contributed by atoms with Crippen LogP contribution >= 0.6 is 0 Å². The van der Waals surface area contributed by atoms with E-state index in [0.29, 0.717) is 18.2 Å². The molecular weight excluding hydrogens is 360 g/mol. The van der Waals surface area contributed by atoms with Crippen molar-refractivity contribution in [3.63, 3.8) is 0 Å². The minimum absolute atomic E-state index is 0.0294. The summed E-state index contributed by atoms with van der Waals surface area (Å²) in [6.07, 6.45) is 0. The minimum Gasteiger partial charge on any atom is -0.324 e. The second-order valence-corrected chi connectivity index (χ2v) is 8.02. The molecule has 0 aliphatic carbocycles. The first-order valence-electron chi connectivity index (χ1n) is 9.88. The number of carbonyl (C=O) groups excluding carboxylic acids is 1. The monoisotopic (exact) mass is 388 g/mol. The average molecular weight is 389 g/mol. The lowest BCUT2D eigenvalue weighted by Crippen LogP contribution is -2.31. The topological polar surface area (TPSA) is 58.1 Å². The molecule has 5 heteroatoms. The van der Waals surface area contributed by atoms with Crippen molar-refractivity contribution in [1.82, 2.24) is 9.97 Å². The number of aryl methyl sites for hydroxylation is 1. The number of nitrogens with one attached hydrogen (secondary N) is 1. The molecule has 29 heavy (non-hydrogen) atoms. The Hall–Kier alpha value is -3.21. The fourth-order valence-electron chi connectivity index (χ4n) is 3.29. The van der Waals surface area contributed by atoms with Gasteiger partial charge in [-0.05, 0) is 49.1 Å². The summed E-state index contributed by atoms with van der Waals surface area (Å²) in [5, 5.41) is 3.32. The van der Waals surface area contributed by atoms with Gasteiger partial charge in [-0.15, -0.1) is 0 Å². The van der Waals surface area contributed by atoms with Crippen LogP contribution < -0.4 is 10.2 Å². The second-order valence-electron chi connectivity index (χ2n) is 8.02. The normalized spacial score (nSPS) is 11.2. The van der Waals surface area contributed by atoms with E-state index < -0.39 is 0 Å². The van der Waals surface area contributed by atoms with Gasteiger partial charge in [0.2, 0.25) is 5.95 Å². The summed E-state index contributed by atoms with van der Waals surface area (Å²) >= 11 is 0. The third-order valence-corrected chi connectivity index (χ3v) is 4.68. The molecule has 1 N–H and O–H groups in total. The van der Waals surface area contributed by atoms with Crippen molar-refractivity contribution in [3.05, 3.63) is 77.6 Å². The Bertz CT molecular complexity index is 993. The largest absolute Gasteiger partial charge is 0.324 e. The molecule has 0 spiro atoms. The maximum Gasteiger partial charge on any atom is 0.277 e. The average Bonchev–Trinajstić information content (AvgIpc) is 2.68.